The fraction of sp³-hybridized carbons (Fsp3) is 0.300. The van der Waals surface area contributed by atoms with Crippen molar-refractivity contribution in [1.82, 2.24) is 4.57 Å². The smallest absolute Gasteiger partial charge is 0.340 e. The van der Waals surface area contributed by atoms with E-state index in [-0.39, 0.29) is 11.1 Å². The Morgan fingerprint density at radius 2 is 1.69 bits per heavy atom. The normalized spacial score (nSPS) is 10.9. The van der Waals surface area contributed by atoms with Crippen LogP contribution in [-0.2, 0) is 15.9 Å². The molecule has 0 fully saturated rings. The minimum absolute atomic E-state index is 0.242. The molecule has 0 N–H and O–H groups in total. The molecule has 6 heteroatoms. The molecule has 1 aromatic carbocycles. The monoisotopic (exact) mass is 375 g/mol. The molecule has 1 aromatic heterocycles. The number of allylic oxidation sites excluding steroid dienone is 1. The van der Waals surface area contributed by atoms with Gasteiger partial charge in [0.25, 0.3) is 0 Å². The summed E-state index contributed by atoms with van der Waals surface area (Å²) >= 11 is 5.58. The van der Waals surface area contributed by atoms with Crippen molar-refractivity contribution < 1.29 is 19.1 Å². The summed E-state index contributed by atoms with van der Waals surface area (Å²) in [5.74, 6) is -1.11. The Kier molecular flexibility index (Phi) is 7.04. The van der Waals surface area contributed by atoms with Gasteiger partial charge in [-0.25, -0.2) is 9.59 Å². The summed E-state index contributed by atoms with van der Waals surface area (Å²) in [7, 11) is 2.60. The summed E-state index contributed by atoms with van der Waals surface area (Å²) in [6.07, 6.45) is 3.96. The molecule has 0 saturated carbocycles. The van der Waals surface area contributed by atoms with Gasteiger partial charge in [0.2, 0.25) is 0 Å². The van der Waals surface area contributed by atoms with Crippen LogP contribution in [0.1, 0.15) is 44.9 Å². The number of carbonyl (C=O) groups is 2. The first-order chi connectivity index (χ1) is 12.6. The molecule has 0 atom stereocenters. The topological polar surface area (TPSA) is 57.5 Å². The van der Waals surface area contributed by atoms with Crippen LogP contribution in [0.5, 0.6) is 0 Å². The number of esters is 2. The summed E-state index contributed by atoms with van der Waals surface area (Å²) in [6.45, 7) is 1.80. The Labute approximate surface area is 158 Å². The molecule has 26 heavy (non-hydrogen) atoms. The Hall–Kier alpha value is -2.53. The molecule has 0 aliphatic rings. The zero-order valence-electron chi connectivity index (χ0n) is 15.1. The van der Waals surface area contributed by atoms with Gasteiger partial charge in [-0.1, -0.05) is 35.9 Å². The van der Waals surface area contributed by atoms with Gasteiger partial charge < -0.3 is 14.0 Å². The summed E-state index contributed by atoms with van der Waals surface area (Å²) in [4.78, 5) is 24.9. The number of rotatable bonds is 7. The summed E-state index contributed by atoms with van der Waals surface area (Å²) in [5, 5.41) is 0. The number of halogens is 1. The first kappa shape index (κ1) is 19.8. The summed E-state index contributed by atoms with van der Waals surface area (Å²) in [6, 6.07) is 9.58. The zero-order valence-corrected chi connectivity index (χ0v) is 15.9. The number of unbranched alkanes of at least 4 members (excludes halogenated alkanes) is 1. The summed E-state index contributed by atoms with van der Waals surface area (Å²) < 4.78 is 11.8. The van der Waals surface area contributed by atoms with Crippen molar-refractivity contribution >= 4 is 23.5 Å². The third-order valence-corrected chi connectivity index (χ3v) is 4.35. The van der Waals surface area contributed by atoms with Crippen LogP contribution in [0.2, 0.25) is 0 Å². The van der Waals surface area contributed by atoms with Crippen LogP contribution in [0.15, 0.2) is 41.9 Å². The predicted octanol–water partition coefficient (Wildman–Crippen LogP) is 4.43. The Balaban J connectivity index is 2.69. The molecule has 0 aliphatic carbocycles. The fourth-order valence-electron chi connectivity index (χ4n) is 3.04. The van der Waals surface area contributed by atoms with Gasteiger partial charge in [-0.15, -0.1) is 0 Å². The van der Waals surface area contributed by atoms with E-state index in [0.29, 0.717) is 12.1 Å². The largest absolute Gasteiger partial charge is 0.465 e. The highest BCUT2D eigenvalue weighted by atomic mass is 35.5. The molecule has 5 nitrogen and oxygen atoms in total. The standard InChI is InChI=1S/C20H22ClNO4/c1-14-17(19(23)25-2)18(20(24)26-3)16(12-8-5-9-13-21)22(14)15-10-6-4-7-11-15/h4,6-7,9-11,13H,5,8,12H2,1-3H3/b13-9+. The van der Waals surface area contributed by atoms with Crippen LogP contribution in [0.3, 0.4) is 0 Å². The summed E-state index contributed by atoms with van der Waals surface area (Å²) in [5.41, 5.74) is 4.22. The number of benzene rings is 1. The number of hydrogen-bond acceptors (Lipinski definition) is 4. The third kappa shape index (κ3) is 3.99. The van der Waals surface area contributed by atoms with Crippen molar-refractivity contribution in [1.29, 1.82) is 0 Å². The van der Waals surface area contributed by atoms with Gasteiger partial charge in [0.15, 0.2) is 0 Å². The Bertz CT molecular complexity index is 809. The lowest BCUT2D eigenvalue weighted by atomic mass is 10.1. The second kappa shape index (κ2) is 9.25. The second-order valence-corrected chi connectivity index (χ2v) is 5.94. The van der Waals surface area contributed by atoms with Crippen LogP contribution >= 0.6 is 11.6 Å². The van der Waals surface area contributed by atoms with E-state index in [4.69, 9.17) is 21.1 Å². The SMILES string of the molecule is COC(=O)c1c(C(=O)OC)c(CCC/C=C/Cl)n(-c2ccccc2)c1C. The number of para-hydroxylation sites is 1. The van der Waals surface area contributed by atoms with Gasteiger partial charge >= 0.3 is 11.9 Å². The molecule has 0 bridgehead atoms. The Morgan fingerprint density at radius 1 is 1.08 bits per heavy atom. The highest BCUT2D eigenvalue weighted by Crippen LogP contribution is 2.29. The lowest BCUT2D eigenvalue weighted by Crippen LogP contribution is -2.12. The first-order valence-electron chi connectivity index (χ1n) is 8.28. The molecule has 2 aromatic rings. The van der Waals surface area contributed by atoms with E-state index in [1.165, 1.54) is 19.8 Å². The quantitative estimate of drug-likeness (QED) is 0.530. The van der Waals surface area contributed by atoms with Crippen molar-refractivity contribution in [2.24, 2.45) is 0 Å². The zero-order chi connectivity index (χ0) is 19.1. The molecule has 2 rings (SSSR count). The molecule has 1 heterocycles. The van der Waals surface area contributed by atoms with E-state index in [1.54, 1.807) is 6.92 Å². The number of methoxy groups -OCH3 is 2. The molecular weight excluding hydrogens is 354 g/mol. The van der Waals surface area contributed by atoms with Crippen LogP contribution in [-0.4, -0.2) is 30.7 Å². The van der Waals surface area contributed by atoms with Crippen molar-refractivity contribution in [2.45, 2.75) is 26.2 Å². The number of aromatic nitrogens is 1. The highest BCUT2D eigenvalue weighted by molar-refractivity contribution is 6.25. The molecule has 0 radical (unpaired) electrons. The Morgan fingerprint density at radius 3 is 2.27 bits per heavy atom. The van der Waals surface area contributed by atoms with Gasteiger partial charge in [-0.2, -0.15) is 0 Å². The number of nitrogens with zero attached hydrogens (tertiary/aromatic N) is 1. The average molecular weight is 376 g/mol. The second-order valence-electron chi connectivity index (χ2n) is 5.69. The van der Waals surface area contributed by atoms with Gasteiger partial charge in [0, 0.05) is 22.6 Å². The third-order valence-electron chi connectivity index (χ3n) is 4.17. The van der Waals surface area contributed by atoms with Crippen LogP contribution in [0.4, 0.5) is 0 Å². The van der Waals surface area contributed by atoms with Crippen molar-refractivity contribution in [2.75, 3.05) is 14.2 Å². The molecule has 0 spiro atoms. The van der Waals surface area contributed by atoms with Gasteiger partial charge in [-0.3, -0.25) is 0 Å². The van der Waals surface area contributed by atoms with E-state index >= 15 is 0 Å². The van der Waals surface area contributed by atoms with Crippen molar-refractivity contribution in [3.8, 4) is 5.69 Å². The number of carbonyl (C=O) groups excluding carboxylic acids is 2. The van der Waals surface area contributed by atoms with E-state index in [1.807, 2.05) is 41.0 Å². The minimum atomic E-state index is -0.556. The average Bonchev–Trinajstić information content (AvgIpc) is 2.96. The predicted molar refractivity (Wildman–Crippen MR) is 101 cm³/mol. The van der Waals surface area contributed by atoms with Crippen molar-refractivity contribution in [3.05, 3.63) is 64.5 Å². The van der Waals surface area contributed by atoms with E-state index in [2.05, 4.69) is 0 Å². The fourth-order valence-corrected chi connectivity index (χ4v) is 3.16. The molecule has 0 aliphatic heterocycles. The maximum Gasteiger partial charge on any atom is 0.340 e. The van der Waals surface area contributed by atoms with Gasteiger partial charge in [-0.05, 0) is 38.3 Å². The molecule has 0 unspecified atom stereocenters. The van der Waals surface area contributed by atoms with Gasteiger partial charge in [0.1, 0.15) is 0 Å². The molecule has 138 valence electrons. The van der Waals surface area contributed by atoms with Crippen LogP contribution < -0.4 is 0 Å². The van der Waals surface area contributed by atoms with Crippen molar-refractivity contribution in [3.63, 3.8) is 0 Å². The lowest BCUT2D eigenvalue weighted by Gasteiger charge is -2.12. The molecular formula is C20H22ClNO4. The number of hydrogen-bond donors (Lipinski definition) is 0. The highest BCUT2D eigenvalue weighted by Gasteiger charge is 2.30. The minimum Gasteiger partial charge on any atom is -0.465 e. The van der Waals surface area contributed by atoms with Crippen LogP contribution in [0, 0.1) is 6.92 Å². The first-order valence-corrected chi connectivity index (χ1v) is 8.71. The maximum atomic E-state index is 12.5. The molecule has 0 amide bonds. The van der Waals surface area contributed by atoms with E-state index in [0.717, 1.165) is 24.2 Å². The van der Waals surface area contributed by atoms with E-state index in [9.17, 15) is 9.59 Å². The van der Waals surface area contributed by atoms with E-state index < -0.39 is 11.9 Å². The van der Waals surface area contributed by atoms with Crippen LogP contribution in [0.25, 0.3) is 5.69 Å². The number of ether oxygens (including phenoxy) is 2. The maximum absolute atomic E-state index is 12.5. The van der Waals surface area contributed by atoms with Gasteiger partial charge in [0.05, 0.1) is 25.3 Å². The lowest BCUT2D eigenvalue weighted by molar-refractivity contribution is 0.0555. The molecule has 0 saturated heterocycles.